The van der Waals surface area contributed by atoms with Crippen LogP contribution in [0, 0.1) is 0 Å². The van der Waals surface area contributed by atoms with Crippen LogP contribution >= 0.6 is 11.3 Å². The lowest BCUT2D eigenvalue weighted by atomic mass is 10.1. The van der Waals surface area contributed by atoms with Crippen LogP contribution < -0.4 is 11.1 Å². The molecule has 0 unspecified atom stereocenters. The summed E-state index contributed by atoms with van der Waals surface area (Å²) in [6.07, 6.45) is 7.76. The van der Waals surface area contributed by atoms with Crippen LogP contribution in [0.1, 0.15) is 37.6 Å². The van der Waals surface area contributed by atoms with Gasteiger partial charge in [-0.2, -0.15) is 5.10 Å². The molecule has 8 heteroatoms. The van der Waals surface area contributed by atoms with Crippen LogP contribution in [0.2, 0.25) is 0 Å². The Morgan fingerprint density at radius 2 is 1.94 bits per heavy atom. The number of hydrogen-bond donors (Lipinski definition) is 2. The number of nitrogens with one attached hydrogen (secondary N) is 1. The summed E-state index contributed by atoms with van der Waals surface area (Å²) in [5.41, 5.74) is 9.51. The van der Waals surface area contributed by atoms with E-state index in [9.17, 15) is 9.59 Å². The van der Waals surface area contributed by atoms with Gasteiger partial charge in [-0.15, -0.1) is 11.3 Å². The molecule has 4 aromatic rings. The molecule has 2 amide bonds. The van der Waals surface area contributed by atoms with Gasteiger partial charge in [0.1, 0.15) is 10.7 Å². The number of carbonyl (C=O) groups excluding carboxylic acids is 2. The molecule has 0 atom stereocenters. The van der Waals surface area contributed by atoms with Crippen molar-refractivity contribution in [1.82, 2.24) is 14.8 Å². The Balaban J connectivity index is 1.56. The summed E-state index contributed by atoms with van der Waals surface area (Å²) >= 11 is 1.43. The van der Waals surface area contributed by atoms with E-state index in [1.807, 2.05) is 36.4 Å². The third-order valence-corrected chi connectivity index (χ3v) is 6.52. The Hall–Kier alpha value is -3.78. The number of fused-ring (bicyclic) bond motifs is 1. The van der Waals surface area contributed by atoms with Crippen molar-refractivity contribution in [2.75, 3.05) is 5.32 Å². The zero-order chi connectivity index (χ0) is 21.4. The Kier molecular flexibility index (Phi) is 4.83. The van der Waals surface area contributed by atoms with Gasteiger partial charge < -0.3 is 11.1 Å². The molecule has 154 valence electrons. The summed E-state index contributed by atoms with van der Waals surface area (Å²) in [6, 6.07) is 13.2. The first-order valence-corrected chi connectivity index (χ1v) is 10.7. The van der Waals surface area contributed by atoms with E-state index < -0.39 is 5.91 Å². The molecular formula is C23H19N5O2S. The minimum atomic E-state index is -0.512. The van der Waals surface area contributed by atoms with Crippen molar-refractivity contribution in [2.45, 2.75) is 19.3 Å². The number of carbonyl (C=O) groups is 2. The molecule has 0 saturated carbocycles. The molecule has 0 bridgehead atoms. The van der Waals surface area contributed by atoms with E-state index in [0.29, 0.717) is 21.8 Å². The lowest BCUT2D eigenvalue weighted by molar-refractivity contribution is 0.100. The number of thiophene rings is 1. The van der Waals surface area contributed by atoms with Crippen molar-refractivity contribution in [2.24, 2.45) is 5.73 Å². The maximum Gasteiger partial charge on any atom is 0.260 e. The Morgan fingerprint density at radius 3 is 2.68 bits per heavy atom. The number of nitrogens with two attached hydrogens (primary N) is 1. The smallest absolute Gasteiger partial charge is 0.260 e. The summed E-state index contributed by atoms with van der Waals surface area (Å²) in [4.78, 5) is 30.7. The van der Waals surface area contributed by atoms with E-state index in [1.54, 1.807) is 29.3 Å². The van der Waals surface area contributed by atoms with E-state index in [2.05, 4.69) is 15.4 Å². The second kappa shape index (κ2) is 7.81. The zero-order valence-electron chi connectivity index (χ0n) is 16.5. The number of pyridine rings is 1. The number of nitrogens with zero attached hydrogens (tertiary/aromatic N) is 3. The molecule has 3 N–H and O–H groups in total. The molecule has 0 aliphatic heterocycles. The van der Waals surface area contributed by atoms with Gasteiger partial charge in [0.05, 0.1) is 16.8 Å². The average Bonchev–Trinajstić information content (AvgIpc) is 3.49. The minimum absolute atomic E-state index is 0.344. The molecule has 1 aliphatic rings. The van der Waals surface area contributed by atoms with Gasteiger partial charge in [0.15, 0.2) is 0 Å². The van der Waals surface area contributed by atoms with Gasteiger partial charge in [0.2, 0.25) is 0 Å². The number of aryl methyl sites for hydroxylation is 1. The predicted octanol–water partition coefficient (Wildman–Crippen LogP) is 3.84. The van der Waals surface area contributed by atoms with Crippen LogP contribution in [0.15, 0.2) is 61.1 Å². The Morgan fingerprint density at radius 1 is 1.10 bits per heavy atom. The molecule has 0 saturated heterocycles. The van der Waals surface area contributed by atoms with Crippen molar-refractivity contribution >= 4 is 28.2 Å². The topological polar surface area (TPSA) is 103 Å². The second-order valence-electron chi connectivity index (χ2n) is 7.29. The first-order chi connectivity index (χ1) is 15.1. The van der Waals surface area contributed by atoms with Crippen LogP contribution in [0.4, 0.5) is 5.00 Å². The van der Waals surface area contributed by atoms with Crippen LogP contribution in [-0.2, 0) is 12.8 Å². The van der Waals surface area contributed by atoms with Crippen LogP contribution in [0.25, 0.3) is 16.9 Å². The molecule has 5 rings (SSSR count). The van der Waals surface area contributed by atoms with E-state index >= 15 is 0 Å². The molecule has 7 nitrogen and oxygen atoms in total. The Labute approximate surface area is 182 Å². The fourth-order valence-corrected chi connectivity index (χ4v) is 5.18. The maximum atomic E-state index is 13.3. The van der Waals surface area contributed by atoms with Gasteiger partial charge >= 0.3 is 0 Å². The van der Waals surface area contributed by atoms with Gasteiger partial charge in [0.25, 0.3) is 11.8 Å². The molecule has 3 heterocycles. The lowest BCUT2D eigenvalue weighted by Crippen LogP contribution is -2.18. The highest BCUT2D eigenvalue weighted by Gasteiger charge is 2.27. The predicted molar refractivity (Wildman–Crippen MR) is 120 cm³/mol. The molecule has 0 spiro atoms. The number of aromatic nitrogens is 3. The fraction of sp³-hybridized carbons (Fsp3) is 0.130. The number of rotatable bonds is 5. The number of benzene rings is 1. The van der Waals surface area contributed by atoms with Gasteiger partial charge in [-0.1, -0.05) is 18.2 Å². The van der Waals surface area contributed by atoms with Crippen LogP contribution in [0.3, 0.4) is 0 Å². The molecule has 1 aromatic carbocycles. The van der Waals surface area contributed by atoms with Crippen molar-refractivity contribution in [3.63, 3.8) is 0 Å². The molecule has 0 fully saturated rings. The van der Waals surface area contributed by atoms with Gasteiger partial charge in [0, 0.05) is 29.0 Å². The summed E-state index contributed by atoms with van der Waals surface area (Å²) in [6.45, 7) is 0. The summed E-state index contributed by atoms with van der Waals surface area (Å²) in [5, 5.41) is 8.07. The first-order valence-electron chi connectivity index (χ1n) is 9.93. The molecule has 31 heavy (non-hydrogen) atoms. The van der Waals surface area contributed by atoms with Gasteiger partial charge in [-0.3, -0.25) is 14.6 Å². The highest BCUT2D eigenvalue weighted by molar-refractivity contribution is 7.17. The quantitative estimate of drug-likeness (QED) is 0.503. The van der Waals surface area contributed by atoms with E-state index in [-0.39, 0.29) is 5.91 Å². The molecular weight excluding hydrogens is 410 g/mol. The highest BCUT2D eigenvalue weighted by atomic mass is 32.1. The average molecular weight is 430 g/mol. The SMILES string of the molecule is NC(=O)c1c(NC(=O)c2cn(-c3ccccc3)nc2-c2cccnc2)sc2c1CCC2. The fourth-order valence-electron chi connectivity index (χ4n) is 3.89. The van der Waals surface area contributed by atoms with Crippen molar-refractivity contribution in [3.8, 4) is 16.9 Å². The lowest BCUT2D eigenvalue weighted by Gasteiger charge is -2.06. The number of amides is 2. The summed E-state index contributed by atoms with van der Waals surface area (Å²) in [7, 11) is 0. The normalized spacial score (nSPS) is 12.5. The number of primary amides is 1. The second-order valence-corrected chi connectivity index (χ2v) is 8.40. The first kappa shape index (κ1) is 19.2. The number of anilines is 1. The van der Waals surface area contributed by atoms with E-state index in [0.717, 1.165) is 41.0 Å². The molecule has 0 radical (unpaired) electrons. The number of para-hydroxylation sites is 1. The van der Waals surface area contributed by atoms with Gasteiger partial charge in [-0.05, 0) is 49.1 Å². The third-order valence-electron chi connectivity index (χ3n) is 5.31. The van der Waals surface area contributed by atoms with Gasteiger partial charge in [-0.25, -0.2) is 4.68 Å². The zero-order valence-corrected chi connectivity index (χ0v) is 17.4. The standard InChI is InChI=1S/C23H19N5O2S/c24-21(29)19-16-9-4-10-18(16)31-23(19)26-22(30)17-13-28(15-7-2-1-3-8-15)27-20(17)14-6-5-11-25-12-14/h1-3,5-8,11-13H,4,9-10H2,(H2,24,29)(H,26,30). The highest BCUT2D eigenvalue weighted by Crippen LogP contribution is 2.39. The van der Waals surface area contributed by atoms with Crippen LogP contribution in [0.5, 0.6) is 0 Å². The van der Waals surface area contributed by atoms with Crippen molar-refractivity contribution in [3.05, 3.63) is 82.6 Å². The monoisotopic (exact) mass is 429 g/mol. The largest absolute Gasteiger partial charge is 0.365 e. The van der Waals surface area contributed by atoms with E-state index in [1.165, 1.54) is 11.3 Å². The van der Waals surface area contributed by atoms with Crippen LogP contribution in [-0.4, -0.2) is 26.6 Å². The number of hydrogen-bond acceptors (Lipinski definition) is 5. The molecule has 3 aromatic heterocycles. The summed E-state index contributed by atoms with van der Waals surface area (Å²) < 4.78 is 1.67. The minimum Gasteiger partial charge on any atom is -0.365 e. The summed E-state index contributed by atoms with van der Waals surface area (Å²) in [5.74, 6) is -0.856. The maximum absolute atomic E-state index is 13.3. The molecule has 1 aliphatic carbocycles. The van der Waals surface area contributed by atoms with Crippen molar-refractivity contribution < 1.29 is 9.59 Å². The Bertz CT molecular complexity index is 1280. The van der Waals surface area contributed by atoms with E-state index in [4.69, 9.17) is 5.73 Å². The van der Waals surface area contributed by atoms with Crippen molar-refractivity contribution in [1.29, 1.82) is 0 Å². The third kappa shape index (κ3) is 3.51.